The van der Waals surface area contributed by atoms with Crippen LogP contribution in [0.3, 0.4) is 0 Å². The Morgan fingerprint density at radius 2 is 1.03 bits per heavy atom. The summed E-state index contributed by atoms with van der Waals surface area (Å²) in [5.41, 5.74) is 0.132. The highest BCUT2D eigenvalue weighted by atomic mass is 79.9. The quantitative estimate of drug-likeness (QED) is 0.121. The third-order valence-corrected chi connectivity index (χ3v) is 9.25. The number of benzene rings is 1. The maximum absolute atomic E-state index is 13.0. The van der Waals surface area contributed by atoms with Crippen LogP contribution in [0.2, 0.25) is 0 Å². The van der Waals surface area contributed by atoms with E-state index in [0.717, 1.165) is 19.3 Å². The second kappa shape index (κ2) is 15.9. The van der Waals surface area contributed by atoms with Gasteiger partial charge < -0.3 is 0 Å². The van der Waals surface area contributed by atoms with Crippen molar-refractivity contribution in [3.63, 3.8) is 0 Å². The molecule has 34 heavy (non-hydrogen) atoms. The zero-order valence-corrected chi connectivity index (χ0v) is 23.2. The molecule has 0 saturated carbocycles. The van der Waals surface area contributed by atoms with Crippen LogP contribution >= 0.6 is 15.9 Å². The van der Waals surface area contributed by atoms with E-state index in [1.54, 1.807) is 20.7 Å². The van der Waals surface area contributed by atoms with Gasteiger partial charge in [-0.1, -0.05) is 90.4 Å². The normalized spacial score (nSPS) is 12.6. The first-order valence-corrected chi connectivity index (χ1v) is 16.1. The molecule has 11 heteroatoms. The molecule has 198 valence electrons. The van der Waals surface area contributed by atoms with Crippen molar-refractivity contribution >= 4 is 47.4 Å². The second-order valence-corrected chi connectivity index (χ2v) is 13.7. The zero-order chi connectivity index (χ0) is 25.5. The molecular weight excluding hydrogens is 550 g/mol. The van der Waals surface area contributed by atoms with Crippen LogP contribution in [-0.4, -0.2) is 26.8 Å². The lowest BCUT2D eigenvalue weighted by atomic mass is 10.0. The van der Waals surface area contributed by atoms with Gasteiger partial charge >= 0.3 is 14.2 Å². The Balaban J connectivity index is 2.17. The SMILES string of the molecule is CCCCCCCCCCCCCCCCS(=O)(=O)Nc1ccc(NS(=O)(=O)C(F)(F)Br)cc1. The van der Waals surface area contributed by atoms with Crippen molar-refractivity contribution in [3.05, 3.63) is 24.3 Å². The molecule has 0 aliphatic rings. The van der Waals surface area contributed by atoms with Crippen molar-refractivity contribution in [3.8, 4) is 0 Å². The lowest BCUT2D eigenvalue weighted by Gasteiger charge is -2.13. The van der Waals surface area contributed by atoms with E-state index < -0.39 is 24.2 Å². The fourth-order valence-corrected chi connectivity index (χ4v) is 5.52. The Labute approximate surface area is 212 Å². The molecule has 6 nitrogen and oxygen atoms in total. The summed E-state index contributed by atoms with van der Waals surface area (Å²) in [6, 6.07) is 5.04. The molecule has 0 saturated heterocycles. The summed E-state index contributed by atoms with van der Waals surface area (Å²) >= 11 is 1.80. The Kier molecular flexibility index (Phi) is 14.6. The van der Waals surface area contributed by atoms with Crippen molar-refractivity contribution in [2.45, 2.75) is 101 Å². The maximum Gasteiger partial charge on any atom is 0.418 e. The van der Waals surface area contributed by atoms with E-state index in [-0.39, 0.29) is 17.1 Å². The van der Waals surface area contributed by atoms with Gasteiger partial charge in [0.05, 0.1) is 5.75 Å². The minimum atomic E-state index is -4.94. The first-order chi connectivity index (χ1) is 16.0. The highest BCUT2D eigenvalue weighted by Gasteiger charge is 2.42. The largest absolute Gasteiger partial charge is 0.418 e. The van der Waals surface area contributed by atoms with E-state index in [4.69, 9.17) is 0 Å². The van der Waals surface area contributed by atoms with Gasteiger partial charge in [-0.05, 0) is 30.7 Å². The first kappa shape index (κ1) is 31.1. The molecule has 1 rings (SSSR count). The summed E-state index contributed by atoms with van der Waals surface area (Å²) in [4.78, 5) is 0. The van der Waals surface area contributed by atoms with Gasteiger partial charge in [0.2, 0.25) is 10.0 Å². The number of unbranched alkanes of at least 4 members (excludes halogenated alkanes) is 13. The minimum absolute atomic E-state index is 0.00474. The van der Waals surface area contributed by atoms with E-state index in [2.05, 4.69) is 11.6 Å². The number of sulfonamides is 2. The van der Waals surface area contributed by atoms with Crippen LogP contribution in [-0.2, 0) is 20.0 Å². The van der Waals surface area contributed by atoms with Crippen LogP contribution < -0.4 is 9.44 Å². The Morgan fingerprint density at radius 3 is 1.41 bits per heavy atom. The van der Waals surface area contributed by atoms with Gasteiger partial charge in [-0.2, -0.15) is 17.2 Å². The van der Waals surface area contributed by atoms with Crippen molar-refractivity contribution in [1.82, 2.24) is 0 Å². The number of anilines is 2. The van der Waals surface area contributed by atoms with Crippen LogP contribution in [0.25, 0.3) is 0 Å². The van der Waals surface area contributed by atoms with Gasteiger partial charge in [-0.15, -0.1) is 0 Å². The van der Waals surface area contributed by atoms with Crippen LogP contribution in [0, 0.1) is 0 Å². The number of alkyl halides is 3. The van der Waals surface area contributed by atoms with Crippen LogP contribution in [0.1, 0.15) is 96.8 Å². The molecule has 0 bridgehead atoms. The highest BCUT2D eigenvalue weighted by molar-refractivity contribution is 9.11. The summed E-state index contributed by atoms with van der Waals surface area (Å²) in [5, 5.41) is 0. The van der Waals surface area contributed by atoms with Crippen molar-refractivity contribution in [2.75, 3.05) is 15.2 Å². The lowest BCUT2D eigenvalue weighted by molar-refractivity contribution is 0.205. The summed E-state index contributed by atoms with van der Waals surface area (Å²) in [6.07, 6.45) is 16.6. The van der Waals surface area contributed by atoms with Crippen molar-refractivity contribution < 1.29 is 25.6 Å². The molecule has 0 unspecified atom stereocenters. The Bertz CT molecular complexity index is 891. The standard InChI is InChI=1S/C23H39BrF2N2O4S2/c1-2-3-4-5-6-7-8-9-10-11-12-13-14-15-20-33(29,30)27-21-16-18-22(19-17-21)28-34(31,32)23(24,25)26/h16-19,27-28H,2-15,20H2,1H3. The second-order valence-electron chi connectivity index (χ2n) is 8.65. The predicted molar refractivity (Wildman–Crippen MR) is 141 cm³/mol. The monoisotopic (exact) mass is 588 g/mol. The van der Waals surface area contributed by atoms with Crippen LogP contribution in [0.5, 0.6) is 0 Å². The molecule has 0 aromatic heterocycles. The Hall–Kier alpha value is -0.940. The predicted octanol–water partition coefficient (Wildman–Crippen LogP) is 7.60. The number of rotatable bonds is 20. The first-order valence-electron chi connectivity index (χ1n) is 12.2. The number of halogens is 3. The fourth-order valence-electron chi connectivity index (χ4n) is 3.54. The van der Waals surface area contributed by atoms with E-state index in [1.807, 2.05) is 0 Å². The summed E-state index contributed by atoms with van der Waals surface area (Å²) < 4.78 is 73.3. The van der Waals surface area contributed by atoms with Gasteiger partial charge in [0.1, 0.15) is 0 Å². The van der Waals surface area contributed by atoms with Gasteiger partial charge in [0, 0.05) is 27.3 Å². The summed E-state index contributed by atoms with van der Waals surface area (Å²) in [6.45, 7) is 2.23. The molecule has 0 aliphatic carbocycles. The molecule has 0 fully saturated rings. The third-order valence-electron chi connectivity index (χ3n) is 5.48. The molecule has 2 N–H and O–H groups in total. The summed E-state index contributed by atoms with van der Waals surface area (Å²) in [7, 11) is -8.47. The molecule has 1 aromatic rings. The van der Waals surface area contributed by atoms with Crippen LogP contribution in [0.15, 0.2) is 24.3 Å². The van der Waals surface area contributed by atoms with Gasteiger partial charge in [-0.25, -0.2) is 8.42 Å². The van der Waals surface area contributed by atoms with Gasteiger partial charge in [-0.3, -0.25) is 9.44 Å². The Morgan fingerprint density at radius 1 is 0.676 bits per heavy atom. The van der Waals surface area contributed by atoms with Gasteiger partial charge in [0.25, 0.3) is 0 Å². The molecular formula is C23H39BrF2N2O4S2. The van der Waals surface area contributed by atoms with E-state index in [1.165, 1.54) is 88.5 Å². The average Bonchev–Trinajstić information content (AvgIpc) is 2.74. The molecule has 1 aromatic carbocycles. The molecule has 0 spiro atoms. The highest BCUT2D eigenvalue weighted by Crippen LogP contribution is 2.30. The van der Waals surface area contributed by atoms with E-state index >= 15 is 0 Å². The van der Waals surface area contributed by atoms with Gasteiger partial charge in [0.15, 0.2) is 0 Å². The molecule has 0 heterocycles. The molecule has 0 amide bonds. The van der Waals surface area contributed by atoms with Crippen molar-refractivity contribution in [1.29, 1.82) is 0 Å². The summed E-state index contributed by atoms with van der Waals surface area (Å²) in [5.74, 6) is -0.00474. The molecule has 0 radical (unpaired) electrons. The number of nitrogens with one attached hydrogen (secondary N) is 2. The minimum Gasteiger partial charge on any atom is -0.284 e. The topological polar surface area (TPSA) is 92.3 Å². The van der Waals surface area contributed by atoms with E-state index in [9.17, 15) is 25.6 Å². The smallest absolute Gasteiger partial charge is 0.284 e. The zero-order valence-electron chi connectivity index (χ0n) is 20.0. The van der Waals surface area contributed by atoms with Crippen LogP contribution in [0.4, 0.5) is 20.2 Å². The maximum atomic E-state index is 13.0. The fraction of sp³-hybridized carbons (Fsp3) is 0.739. The third kappa shape index (κ3) is 13.8. The lowest BCUT2D eigenvalue weighted by Crippen LogP contribution is -2.28. The van der Waals surface area contributed by atoms with E-state index in [0.29, 0.717) is 6.42 Å². The van der Waals surface area contributed by atoms with Crippen molar-refractivity contribution in [2.24, 2.45) is 0 Å². The number of hydrogen-bond donors (Lipinski definition) is 2. The molecule has 0 aliphatic heterocycles. The number of hydrogen-bond acceptors (Lipinski definition) is 4. The molecule has 0 atom stereocenters. The average molecular weight is 590 g/mol.